The number of nitrogens with zero attached hydrogens (tertiary/aromatic N) is 2. The zero-order valence-corrected chi connectivity index (χ0v) is 12.2. The molecule has 2 aromatic rings. The van der Waals surface area contributed by atoms with Crippen LogP contribution < -0.4 is 5.32 Å². The topological polar surface area (TPSA) is 28.2 Å². The van der Waals surface area contributed by atoms with Crippen molar-refractivity contribution in [2.75, 3.05) is 31.5 Å². The summed E-state index contributed by atoms with van der Waals surface area (Å²) in [5.41, 5.74) is 1.77. The maximum atomic E-state index is 13.3. The Bertz CT molecular complexity index is 552. The second kappa shape index (κ2) is 7.20. The first-order valence-electron chi connectivity index (χ1n) is 7.25. The first-order valence-corrected chi connectivity index (χ1v) is 7.25. The van der Waals surface area contributed by atoms with Crippen LogP contribution in [-0.2, 0) is 0 Å². The van der Waals surface area contributed by atoms with E-state index in [1.165, 1.54) is 12.1 Å². The van der Waals surface area contributed by atoms with Gasteiger partial charge in [-0.1, -0.05) is 13.8 Å². The highest BCUT2D eigenvalue weighted by Gasteiger charge is 2.03. The summed E-state index contributed by atoms with van der Waals surface area (Å²) in [6, 6.07) is 6.60. The molecule has 0 fully saturated rings. The minimum atomic E-state index is -0.225. The third-order valence-electron chi connectivity index (χ3n) is 3.56. The SMILES string of the molecule is CCN(CC)CCCNc1ccnc2ccc(F)cc12. The zero-order valence-electron chi connectivity index (χ0n) is 12.2. The number of benzene rings is 1. The Labute approximate surface area is 119 Å². The van der Waals surface area contributed by atoms with Gasteiger partial charge >= 0.3 is 0 Å². The molecule has 20 heavy (non-hydrogen) atoms. The Morgan fingerprint density at radius 2 is 2.00 bits per heavy atom. The van der Waals surface area contributed by atoms with Crippen LogP contribution >= 0.6 is 0 Å². The molecule has 0 aliphatic heterocycles. The van der Waals surface area contributed by atoms with E-state index in [2.05, 4.69) is 29.0 Å². The number of anilines is 1. The van der Waals surface area contributed by atoms with Crippen LogP contribution in [0, 0.1) is 5.82 Å². The van der Waals surface area contributed by atoms with E-state index < -0.39 is 0 Å². The lowest BCUT2D eigenvalue weighted by atomic mass is 10.2. The predicted molar refractivity (Wildman–Crippen MR) is 82.6 cm³/mol. The van der Waals surface area contributed by atoms with Crippen molar-refractivity contribution < 1.29 is 4.39 Å². The van der Waals surface area contributed by atoms with Crippen LogP contribution in [0.2, 0.25) is 0 Å². The van der Waals surface area contributed by atoms with Crippen molar-refractivity contribution in [2.45, 2.75) is 20.3 Å². The molecule has 1 heterocycles. The molecule has 0 saturated carbocycles. The molecule has 0 bridgehead atoms. The van der Waals surface area contributed by atoms with E-state index in [0.29, 0.717) is 0 Å². The largest absolute Gasteiger partial charge is 0.384 e. The van der Waals surface area contributed by atoms with Crippen LogP contribution in [0.3, 0.4) is 0 Å². The maximum absolute atomic E-state index is 13.3. The molecule has 3 nitrogen and oxygen atoms in total. The minimum absolute atomic E-state index is 0.225. The number of hydrogen-bond acceptors (Lipinski definition) is 3. The van der Waals surface area contributed by atoms with Crippen molar-refractivity contribution in [2.24, 2.45) is 0 Å². The van der Waals surface area contributed by atoms with Crippen molar-refractivity contribution >= 4 is 16.6 Å². The minimum Gasteiger partial charge on any atom is -0.384 e. The average Bonchev–Trinajstić information content (AvgIpc) is 2.47. The summed E-state index contributed by atoms with van der Waals surface area (Å²) < 4.78 is 13.3. The van der Waals surface area contributed by atoms with Gasteiger partial charge in [0.15, 0.2) is 0 Å². The lowest BCUT2D eigenvalue weighted by molar-refractivity contribution is 0.303. The van der Waals surface area contributed by atoms with Crippen LogP contribution in [0.5, 0.6) is 0 Å². The molecule has 2 rings (SSSR count). The highest BCUT2D eigenvalue weighted by Crippen LogP contribution is 2.22. The fourth-order valence-corrected chi connectivity index (χ4v) is 2.34. The van der Waals surface area contributed by atoms with Crippen molar-refractivity contribution in [3.8, 4) is 0 Å². The number of halogens is 1. The molecule has 0 aliphatic carbocycles. The molecule has 0 unspecified atom stereocenters. The normalized spacial score (nSPS) is 11.2. The molecule has 0 atom stereocenters. The summed E-state index contributed by atoms with van der Waals surface area (Å²) in [5.74, 6) is -0.225. The monoisotopic (exact) mass is 275 g/mol. The molecule has 108 valence electrons. The molecular weight excluding hydrogens is 253 g/mol. The smallest absolute Gasteiger partial charge is 0.124 e. The van der Waals surface area contributed by atoms with E-state index in [1.54, 1.807) is 12.3 Å². The quantitative estimate of drug-likeness (QED) is 0.784. The summed E-state index contributed by atoms with van der Waals surface area (Å²) in [4.78, 5) is 6.65. The number of fused-ring (bicyclic) bond motifs is 1. The Morgan fingerprint density at radius 3 is 2.75 bits per heavy atom. The third kappa shape index (κ3) is 3.67. The van der Waals surface area contributed by atoms with Crippen molar-refractivity contribution in [3.63, 3.8) is 0 Å². The molecular formula is C16H22FN3. The van der Waals surface area contributed by atoms with Crippen LogP contribution in [0.15, 0.2) is 30.5 Å². The number of pyridine rings is 1. The van der Waals surface area contributed by atoms with Crippen molar-refractivity contribution in [3.05, 3.63) is 36.3 Å². The summed E-state index contributed by atoms with van der Waals surface area (Å²) in [6.45, 7) is 8.48. The van der Waals surface area contributed by atoms with E-state index in [1.807, 2.05) is 6.07 Å². The van der Waals surface area contributed by atoms with Gasteiger partial charge in [0.1, 0.15) is 5.82 Å². The number of hydrogen-bond donors (Lipinski definition) is 1. The lowest BCUT2D eigenvalue weighted by Crippen LogP contribution is -2.25. The molecule has 4 heteroatoms. The molecule has 1 aromatic carbocycles. The van der Waals surface area contributed by atoms with Gasteiger partial charge in [-0.15, -0.1) is 0 Å². The predicted octanol–water partition coefficient (Wildman–Crippen LogP) is 3.52. The fraction of sp³-hybridized carbons (Fsp3) is 0.438. The molecule has 0 saturated heterocycles. The third-order valence-corrected chi connectivity index (χ3v) is 3.56. The highest BCUT2D eigenvalue weighted by atomic mass is 19.1. The molecule has 1 aromatic heterocycles. The summed E-state index contributed by atoms with van der Waals surface area (Å²) in [5, 5.41) is 4.23. The summed E-state index contributed by atoms with van der Waals surface area (Å²) >= 11 is 0. The van der Waals surface area contributed by atoms with E-state index in [0.717, 1.165) is 49.2 Å². The van der Waals surface area contributed by atoms with Gasteiger partial charge in [0, 0.05) is 23.8 Å². The van der Waals surface area contributed by atoms with Gasteiger partial charge in [0.25, 0.3) is 0 Å². The first-order chi connectivity index (χ1) is 9.74. The molecule has 0 amide bonds. The van der Waals surface area contributed by atoms with Crippen LogP contribution in [-0.4, -0.2) is 36.1 Å². The molecule has 0 spiro atoms. The van der Waals surface area contributed by atoms with Gasteiger partial charge < -0.3 is 10.2 Å². The number of aromatic nitrogens is 1. The summed E-state index contributed by atoms with van der Waals surface area (Å²) in [7, 11) is 0. The Morgan fingerprint density at radius 1 is 1.20 bits per heavy atom. The second-order valence-corrected chi connectivity index (χ2v) is 4.83. The zero-order chi connectivity index (χ0) is 14.4. The van der Waals surface area contributed by atoms with E-state index in [9.17, 15) is 4.39 Å². The van der Waals surface area contributed by atoms with Crippen LogP contribution in [0.1, 0.15) is 20.3 Å². The van der Waals surface area contributed by atoms with Gasteiger partial charge in [0.2, 0.25) is 0 Å². The molecule has 0 radical (unpaired) electrons. The summed E-state index contributed by atoms with van der Waals surface area (Å²) in [6.07, 6.45) is 2.83. The van der Waals surface area contributed by atoms with Crippen LogP contribution in [0.25, 0.3) is 10.9 Å². The Hall–Kier alpha value is -1.68. The number of rotatable bonds is 7. The van der Waals surface area contributed by atoms with Gasteiger partial charge in [0.05, 0.1) is 5.52 Å². The van der Waals surface area contributed by atoms with E-state index in [4.69, 9.17) is 0 Å². The molecule has 1 N–H and O–H groups in total. The standard InChI is InChI=1S/C16H22FN3/c1-3-20(4-2)11-5-9-18-16-8-10-19-15-7-6-13(17)12-14(15)16/h6-8,10,12H,3-5,9,11H2,1-2H3,(H,18,19). The average molecular weight is 275 g/mol. The Kier molecular flexibility index (Phi) is 5.30. The Balaban J connectivity index is 1.98. The van der Waals surface area contributed by atoms with Crippen LogP contribution in [0.4, 0.5) is 10.1 Å². The number of nitrogens with one attached hydrogen (secondary N) is 1. The first kappa shape index (κ1) is 14.7. The van der Waals surface area contributed by atoms with Gasteiger partial charge in [-0.3, -0.25) is 4.98 Å². The fourth-order valence-electron chi connectivity index (χ4n) is 2.34. The van der Waals surface area contributed by atoms with Gasteiger partial charge in [-0.25, -0.2) is 4.39 Å². The van der Waals surface area contributed by atoms with Crippen molar-refractivity contribution in [1.82, 2.24) is 9.88 Å². The van der Waals surface area contributed by atoms with Crippen molar-refractivity contribution in [1.29, 1.82) is 0 Å². The van der Waals surface area contributed by atoms with E-state index in [-0.39, 0.29) is 5.82 Å². The lowest BCUT2D eigenvalue weighted by Gasteiger charge is -2.18. The highest BCUT2D eigenvalue weighted by molar-refractivity contribution is 5.90. The van der Waals surface area contributed by atoms with E-state index >= 15 is 0 Å². The van der Waals surface area contributed by atoms with Gasteiger partial charge in [-0.2, -0.15) is 0 Å². The van der Waals surface area contributed by atoms with Gasteiger partial charge in [-0.05, 0) is 50.3 Å². The second-order valence-electron chi connectivity index (χ2n) is 4.83. The maximum Gasteiger partial charge on any atom is 0.124 e. The molecule has 0 aliphatic rings.